The van der Waals surface area contributed by atoms with E-state index >= 15 is 0 Å². The molecule has 1 aliphatic carbocycles. The van der Waals surface area contributed by atoms with Gasteiger partial charge in [0, 0.05) is 17.1 Å². The number of halogens is 1. The Balaban J connectivity index is 1.92. The van der Waals surface area contributed by atoms with Gasteiger partial charge in [-0.2, -0.15) is 0 Å². The first-order valence-corrected chi connectivity index (χ1v) is 8.54. The molecule has 0 radical (unpaired) electrons. The lowest BCUT2D eigenvalue weighted by atomic mass is 9.63. The number of rotatable bonds is 4. The molecule has 21 heavy (non-hydrogen) atoms. The fraction of sp³-hybridized carbons (Fsp3) is 0.684. The van der Waals surface area contributed by atoms with Crippen LogP contribution in [0, 0.1) is 10.8 Å². The Hall–Kier alpha value is -0.530. The molecule has 0 spiro atoms. The number of nitrogens with one attached hydrogen (secondary N) is 1. The molecular weight excluding hydrogens is 278 g/mol. The van der Waals surface area contributed by atoms with Crippen LogP contribution in [0.25, 0.3) is 0 Å². The summed E-state index contributed by atoms with van der Waals surface area (Å²) in [7, 11) is 0. The summed E-state index contributed by atoms with van der Waals surface area (Å²) in [5.74, 6) is 0. The van der Waals surface area contributed by atoms with Crippen LogP contribution in [0.2, 0.25) is 5.02 Å². The molecule has 118 valence electrons. The topological polar surface area (TPSA) is 12.0 Å². The molecule has 0 bridgehead atoms. The molecule has 1 saturated carbocycles. The minimum absolute atomic E-state index is 0.444. The van der Waals surface area contributed by atoms with Crippen LogP contribution in [0.1, 0.15) is 59.4 Å². The normalized spacial score (nSPS) is 23.0. The minimum atomic E-state index is 0.444. The van der Waals surface area contributed by atoms with Crippen LogP contribution in [0.4, 0.5) is 0 Å². The van der Waals surface area contributed by atoms with Crippen molar-refractivity contribution in [2.45, 2.75) is 72.4 Å². The van der Waals surface area contributed by atoms with Gasteiger partial charge in [-0.1, -0.05) is 51.4 Å². The van der Waals surface area contributed by atoms with E-state index in [1.165, 1.54) is 24.8 Å². The molecule has 1 unspecified atom stereocenters. The molecule has 0 aromatic heterocycles. The van der Waals surface area contributed by atoms with Crippen molar-refractivity contribution < 1.29 is 0 Å². The van der Waals surface area contributed by atoms with E-state index in [1.54, 1.807) is 0 Å². The van der Waals surface area contributed by atoms with Gasteiger partial charge in [-0.3, -0.25) is 0 Å². The lowest BCUT2D eigenvalue weighted by Gasteiger charge is -2.46. The maximum absolute atomic E-state index is 5.95. The SMILES string of the molecule is CC(Cc1ccc(Cl)cc1)NC1CC(C)(C)CC(C)(C)C1. The van der Waals surface area contributed by atoms with E-state index in [-0.39, 0.29) is 0 Å². The Labute approximate surface area is 135 Å². The lowest BCUT2D eigenvalue weighted by Crippen LogP contribution is -2.47. The summed E-state index contributed by atoms with van der Waals surface area (Å²) in [5.41, 5.74) is 2.24. The van der Waals surface area contributed by atoms with E-state index in [1.807, 2.05) is 12.1 Å². The fourth-order valence-electron chi connectivity index (χ4n) is 4.40. The summed E-state index contributed by atoms with van der Waals surface area (Å²) in [6.45, 7) is 11.9. The van der Waals surface area contributed by atoms with Crippen molar-refractivity contribution in [2.75, 3.05) is 0 Å². The zero-order valence-electron chi connectivity index (χ0n) is 14.2. The highest BCUT2D eigenvalue weighted by Gasteiger charge is 2.38. The Morgan fingerprint density at radius 3 is 2.14 bits per heavy atom. The first-order chi connectivity index (χ1) is 9.65. The highest BCUT2D eigenvalue weighted by molar-refractivity contribution is 6.30. The fourth-order valence-corrected chi connectivity index (χ4v) is 4.53. The third kappa shape index (κ3) is 5.30. The van der Waals surface area contributed by atoms with Gasteiger partial charge in [-0.05, 0) is 61.1 Å². The standard InChI is InChI=1S/C19H30ClN/c1-14(10-15-6-8-16(20)9-7-15)21-17-11-18(2,3)13-19(4,5)12-17/h6-9,14,17,21H,10-13H2,1-5H3. The average molecular weight is 308 g/mol. The largest absolute Gasteiger partial charge is 0.311 e. The van der Waals surface area contributed by atoms with Gasteiger partial charge in [0.2, 0.25) is 0 Å². The van der Waals surface area contributed by atoms with Crippen molar-refractivity contribution in [3.05, 3.63) is 34.9 Å². The van der Waals surface area contributed by atoms with E-state index in [2.05, 4.69) is 52.1 Å². The molecule has 2 heteroatoms. The number of benzene rings is 1. The van der Waals surface area contributed by atoms with Crippen LogP contribution in [0.5, 0.6) is 0 Å². The molecule has 0 heterocycles. The number of hydrogen-bond donors (Lipinski definition) is 1. The van der Waals surface area contributed by atoms with Gasteiger partial charge < -0.3 is 5.32 Å². The van der Waals surface area contributed by atoms with Crippen molar-refractivity contribution in [1.29, 1.82) is 0 Å². The van der Waals surface area contributed by atoms with Crippen LogP contribution in [-0.4, -0.2) is 12.1 Å². The second-order valence-electron chi connectivity index (χ2n) is 8.51. The summed E-state index contributed by atoms with van der Waals surface area (Å²) in [6, 6.07) is 9.36. The van der Waals surface area contributed by atoms with Crippen molar-refractivity contribution in [3.63, 3.8) is 0 Å². The van der Waals surface area contributed by atoms with E-state index in [4.69, 9.17) is 11.6 Å². The monoisotopic (exact) mass is 307 g/mol. The lowest BCUT2D eigenvalue weighted by molar-refractivity contribution is 0.0812. The third-order valence-electron chi connectivity index (χ3n) is 4.53. The van der Waals surface area contributed by atoms with Crippen LogP contribution >= 0.6 is 11.6 Å². The number of hydrogen-bond acceptors (Lipinski definition) is 1. The van der Waals surface area contributed by atoms with Gasteiger partial charge in [0.05, 0.1) is 0 Å². The molecule has 1 aliphatic rings. The molecule has 1 atom stereocenters. The third-order valence-corrected chi connectivity index (χ3v) is 4.78. The van der Waals surface area contributed by atoms with Crippen LogP contribution in [0.15, 0.2) is 24.3 Å². The molecule has 0 amide bonds. The maximum atomic E-state index is 5.95. The Bertz CT molecular complexity index is 445. The summed E-state index contributed by atoms with van der Waals surface area (Å²) in [6.07, 6.45) is 4.95. The molecule has 1 aromatic rings. The van der Waals surface area contributed by atoms with Gasteiger partial charge in [-0.25, -0.2) is 0 Å². The quantitative estimate of drug-likeness (QED) is 0.778. The zero-order chi connectivity index (χ0) is 15.7. The second-order valence-corrected chi connectivity index (χ2v) is 8.95. The molecule has 1 aromatic carbocycles. The zero-order valence-corrected chi connectivity index (χ0v) is 14.9. The minimum Gasteiger partial charge on any atom is -0.311 e. The van der Waals surface area contributed by atoms with Crippen molar-refractivity contribution >= 4 is 11.6 Å². The molecule has 0 saturated heterocycles. The van der Waals surface area contributed by atoms with Gasteiger partial charge in [0.1, 0.15) is 0 Å². The van der Waals surface area contributed by atoms with Crippen molar-refractivity contribution in [2.24, 2.45) is 10.8 Å². The van der Waals surface area contributed by atoms with Crippen LogP contribution in [0.3, 0.4) is 0 Å². The van der Waals surface area contributed by atoms with Crippen LogP contribution < -0.4 is 5.32 Å². The van der Waals surface area contributed by atoms with Crippen molar-refractivity contribution in [1.82, 2.24) is 5.32 Å². The van der Waals surface area contributed by atoms with Gasteiger partial charge in [0.25, 0.3) is 0 Å². The first-order valence-electron chi connectivity index (χ1n) is 8.16. The second kappa shape index (κ2) is 6.30. The Kier molecular flexibility index (Phi) is 5.05. The molecule has 1 N–H and O–H groups in total. The van der Waals surface area contributed by atoms with Crippen LogP contribution in [-0.2, 0) is 6.42 Å². The highest BCUT2D eigenvalue weighted by atomic mass is 35.5. The predicted octanol–water partition coefficient (Wildman–Crippen LogP) is 5.47. The predicted molar refractivity (Wildman–Crippen MR) is 93.0 cm³/mol. The summed E-state index contributed by atoms with van der Waals surface area (Å²) in [5, 5.41) is 4.68. The smallest absolute Gasteiger partial charge is 0.0406 e. The summed E-state index contributed by atoms with van der Waals surface area (Å²) in [4.78, 5) is 0. The Morgan fingerprint density at radius 2 is 1.62 bits per heavy atom. The van der Waals surface area contributed by atoms with Gasteiger partial charge in [0.15, 0.2) is 0 Å². The van der Waals surface area contributed by atoms with E-state index in [0.29, 0.717) is 22.9 Å². The van der Waals surface area contributed by atoms with E-state index < -0.39 is 0 Å². The highest BCUT2D eigenvalue weighted by Crippen LogP contribution is 2.45. The molecule has 2 rings (SSSR count). The maximum Gasteiger partial charge on any atom is 0.0406 e. The van der Waals surface area contributed by atoms with Crippen molar-refractivity contribution in [3.8, 4) is 0 Å². The molecule has 1 fully saturated rings. The van der Waals surface area contributed by atoms with Gasteiger partial charge >= 0.3 is 0 Å². The van der Waals surface area contributed by atoms with E-state index in [9.17, 15) is 0 Å². The molecule has 1 nitrogen and oxygen atoms in total. The van der Waals surface area contributed by atoms with Gasteiger partial charge in [-0.15, -0.1) is 0 Å². The average Bonchev–Trinajstić information content (AvgIpc) is 2.27. The summed E-state index contributed by atoms with van der Waals surface area (Å²) >= 11 is 5.95. The molecular formula is C19H30ClN. The Morgan fingerprint density at radius 1 is 1.10 bits per heavy atom. The summed E-state index contributed by atoms with van der Waals surface area (Å²) < 4.78 is 0. The first kappa shape index (κ1) is 16.8. The molecule has 0 aliphatic heterocycles. The van der Waals surface area contributed by atoms with E-state index in [0.717, 1.165) is 11.4 Å².